The largest absolute Gasteiger partial charge is 0.494 e. The van der Waals surface area contributed by atoms with Crippen molar-refractivity contribution in [1.82, 2.24) is 14.5 Å². The number of benzene rings is 2. The third-order valence-electron chi connectivity index (χ3n) is 5.33. The summed E-state index contributed by atoms with van der Waals surface area (Å²) in [5.74, 6) is 0.957. The lowest BCUT2D eigenvalue weighted by molar-refractivity contribution is 0.0985. The SMILES string of the molecule is CN(C)CCN(C(=O)c1ccc(-n2c(O)ccc2O)cc1)c1nc2cc3c(cc2s1)OCO3. The molecule has 0 spiro atoms. The molecule has 9 nitrogen and oxygen atoms in total. The number of carbonyl (C=O) groups excluding carboxylic acids is 1. The first-order valence-electron chi connectivity index (χ1n) is 10.3. The van der Waals surface area contributed by atoms with Crippen molar-refractivity contribution >= 4 is 32.6 Å². The first-order chi connectivity index (χ1) is 15.9. The van der Waals surface area contributed by atoms with E-state index in [1.54, 1.807) is 29.2 Å². The first-order valence-corrected chi connectivity index (χ1v) is 11.1. The summed E-state index contributed by atoms with van der Waals surface area (Å²) in [6, 6.07) is 13.2. The number of anilines is 1. The molecule has 2 N–H and O–H groups in total. The van der Waals surface area contributed by atoms with Gasteiger partial charge in [0.25, 0.3) is 5.91 Å². The Kier molecular flexibility index (Phi) is 5.31. The van der Waals surface area contributed by atoms with Gasteiger partial charge in [0.05, 0.1) is 15.9 Å². The van der Waals surface area contributed by atoms with E-state index in [1.807, 2.05) is 31.1 Å². The Morgan fingerprint density at radius 3 is 2.36 bits per heavy atom. The summed E-state index contributed by atoms with van der Waals surface area (Å²) in [5.41, 5.74) is 1.76. The Labute approximate surface area is 193 Å². The van der Waals surface area contributed by atoms with Gasteiger partial charge in [0.2, 0.25) is 6.79 Å². The Hall–Kier alpha value is -3.76. The van der Waals surface area contributed by atoms with Crippen molar-refractivity contribution in [3.05, 3.63) is 54.1 Å². The van der Waals surface area contributed by atoms with Crippen molar-refractivity contribution in [2.75, 3.05) is 38.9 Å². The molecule has 0 saturated heterocycles. The highest BCUT2D eigenvalue weighted by Gasteiger charge is 2.23. The number of rotatable bonds is 6. The van der Waals surface area contributed by atoms with Crippen LogP contribution in [0.1, 0.15) is 10.4 Å². The van der Waals surface area contributed by atoms with Crippen molar-refractivity contribution < 1.29 is 24.5 Å². The van der Waals surface area contributed by atoms with Gasteiger partial charge in [-0.25, -0.2) is 4.98 Å². The molecule has 0 fully saturated rings. The summed E-state index contributed by atoms with van der Waals surface area (Å²) in [4.78, 5) is 21.9. The van der Waals surface area contributed by atoms with Gasteiger partial charge >= 0.3 is 0 Å². The topological polar surface area (TPSA) is 100 Å². The average Bonchev–Trinajstić information content (AvgIpc) is 3.50. The number of likely N-dealkylation sites (N-methyl/N-ethyl adjacent to an activating group) is 1. The Morgan fingerprint density at radius 2 is 1.70 bits per heavy atom. The van der Waals surface area contributed by atoms with E-state index in [9.17, 15) is 15.0 Å². The third-order valence-corrected chi connectivity index (χ3v) is 6.37. The van der Waals surface area contributed by atoms with Crippen LogP contribution >= 0.6 is 11.3 Å². The van der Waals surface area contributed by atoms with Crippen LogP contribution in [0.25, 0.3) is 15.9 Å². The van der Waals surface area contributed by atoms with Crippen LogP contribution in [0.5, 0.6) is 23.3 Å². The van der Waals surface area contributed by atoms with Crippen LogP contribution in [0.15, 0.2) is 48.5 Å². The molecule has 0 unspecified atom stereocenters. The van der Waals surface area contributed by atoms with E-state index >= 15 is 0 Å². The van der Waals surface area contributed by atoms with Gasteiger partial charge in [0.1, 0.15) is 0 Å². The van der Waals surface area contributed by atoms with Crippen LogP contribution in [0.3, 0.4) is 0 Å². The molecule has 0 radical (unpaired) electrons. The molecule has 0 bridgehead atoms. The molecular formula is C23H22N4O5S. The molecule has 170 valence electrons. The predicted molar refractivity (Wildman–Crippen MR) is 125 cm³/mol. The molecule has 1 amide bonds. The van der Waals surface area contributed by atoms with Gasteiger partial charge in [-0.15, -0.1) is 0 Å². The number of nitrogens with zero attached hydrogens (tertiary/aromatic N) is 4. The Morgan fingerprint density at radius 1 is 1.03 bits per heavy atom. The quantitative estimate of drug-likeness (QED) is 0.449. The lowest BCUT2D eigenvalue weighted by atomic mass is 10.2. The summed E-state index contributed by atoms with van der Waals surface area (Å²) in [6.45, 7) is 1.31. The van der Waals surface area contributed by atoms with E-state index in [-0.39, 0.29) is 24.5 Å². The second-order valence-corrected chi connectivity index (χ2v) is 8.87. The van der Waals surface area contributed by atoms with Crippen molar-refractivity contribution in [2.24, 2.45) is 0 Å². The highest BCUT2D eigenvalue weighted by molar-refractivity contribution is 7.22. The highest BCUT2D eigenvalue weighted by Crippen LogP contribution is 2.40. The summed E-state index contributed by atoms with van der Waals surface area (Å²) >= 11 is 1.42. The number of fused-ring (bicyclic) bond motifs is 2. The highest BCUT2D eigenvalue weighted by atomic mass is 32.1. The molecule has 3 heterocycles. The minimum atomic E-state index is -0.191. The lowest BCUT2D eigenvalue weighted by Crippen LogP contribution is -2.36. The van der Waals surface area contributed by atoms with Crippen LogP contribution in [0.4, 0.5) is 5.13 Å². The maximum Gasteiger partial charge on any atom is 0.260 e. The molecule has 0 saturated carbocycles. The normalized spacial score (nSPS) is 12.6. The zero-order valence-corrected chi connectivity index (χ0v) is 18.9. The van der Waals surface area contributed by atoms with Crippen molar-refractivity contribution in [1.29, 1.82) is 0 Å². The fourth-order valence-electron chi connectivity index (χ4n) is 3.59. The number of aromatic hydroxyl groups is 2. The van der Waals surface area contributed by atoms with E-state index in [1.165, 1.54) is 28.0 Å². The first kappa shape index (κ1) is 21.1. The molecule has 1 aliphatic heterocycles. The zero-order valence-electron chi connectivity index (χ0n) is 18.1. The number of hydrogen-bond donors (Lipinski definition) is 2. The number of thiazole rings is 1. The van der Waals surface area contributed by atoms with E-state index < -0.39 is 0 Å². The lowest BCUT2D eigenvalue weighted by Gasteiger charge is -2.22. The maximum atomic E-state index is 13.5. The van der Waals surface area contributed by atoms with Crippen LogP contribution in [0.2, 0.25) is 0 Å². The number of ether oxygens (including phenoxy) is 2. The van der Waals surface area contributed by atoms with Gasteiger partial charge < -0.3 is 24.6 Å². The third kappa shape index (κ3) is 3.94. The smallest absolute Gasteiger partial charge is 0.260 e. The van der Waals surface area contributed by atoms with Crippen LogP contribution in [0, 0.1) is 0 Å². The fourth-order valence-corrected chi connectivity index (χ4v) is 4.59. The molecule has 5 rings (SSSR count). The Bertz CT molecular complexity index is 1270. The van der Waals surface area contributed by atoms with Crippen molar-refractivity contribution in [3.63, 3.8) is 0 Å². The number of carbonyl (C=O) groups is 1. The molecule has 0 atom stereocenters. The van der Waals surface area contributed by atoms with Crippen molar-refractivity contribution in [2.45, 2.75) is 0 Å². The molecule has 10 heteroatoms. The van der Waals surface area contributed by atoms with E-state index in [2.05, 4.69) is 0 Å². The average molecular weight is 467 g/mol. The zero-order chi connectivity index (χ0) is 23.1. The summed E-state index contributed by atoms with van der Waals surface area (Å²) in [6.07, 6.45) is 0. The standard InChI is InChI=1S/C23H22N4O5S/c1-25(2)9-10-26(23-24-16-11-17-18(32-13-31-17)12-19(16)33-23)22(30)14-3-5-15(6-4-14)27-20(28)7-8-21(27)29/h3-8,11-12,28-29H,9-10,13H2,1-2H3. The summed E-state index contributed by atoms with van der Waals surface area (Å²) in [5, 5.41) is 20.5. The molecule has 1 aliphatic rings. The van der Waals surface area contributed by atoms with Gasteiger partial charge in [-0.2, -0.15) is 0 Å². The minimum Gasteiger partial charge on any atom is -0.494 e. The van der Waals surface area contributed by atoms with Crippen LogP contribution < -0.4 is 14.4 Å². The second kappa shape index (κ2) is 8.30. The summed E-state index contributed by atoms with van der Waals surface area (Å²) < 4.78 is 13.1. The van der Waals surface area contributed by atoms with Crippen LogP contribution in [-0.2, 0) is 0 Å². The second-order valence-electron chi connectivity index (χ2n) is 7.86. The minimum absolute atomic E-state index is 0.0893. The van der Waals surface area contributed by atoms with E-state index in [0.29, 0.717) is 41.0 Å². The number of hydrogen-bond acceptors (Lipinski definition) is 8. The fraction of sp³-hybridized carbons (Fsp3) is 0.217. The monoisotopic (exact) mass is 466 g/mol. The Balaban J connectivity index is 1.47. The van der Waals surface area contributed by atoms with E-state index in [4.69, 9.17) is 14.5 Å². The van der Waals surface area contributed by atoms with Gasteiger partial charge in [0.15, 0.2) is 28.4 Å². The molecule has 2 aromatic carbocycles. The molecule has 0 aliphatic carbocycles. The molecular weight excluding hydrogens is 444 g/mol. The van der Waals surface area contributed by atoms with Gasteiger partial charge in [-0.05, 0) is 38.4 Å². The molecule has 33 heavy (non-hydrogen) atoms. The van der Waals surface area contributed by atoms with Gasteiger partial charge in [0, 0.05) is 42.9 Å². The van der Waals surface area contributed by atoms with Crippen LogP contribution in [-0.4, -0.2) is 64.5 Å². The van der Waals surface area contributed by atoms with Gasteiger partial charge in [-0.1, -0.05) is 11.3 Å². The summed E-state index contributed by atoms with van der Waals surface area (Å²) in [7, 11) is 3.90. The molecule has 4 aromatic rings. The van der Waals surface area contributed by atoms with Gasteiger partial charge in [-0.3, -0.25) is 14.3 Å². The maximum absolute atomic E-state index is 13.5. The predicted octanol–water partition coefficient (Wildman–Crippen LogP) is 3.44. The number of aromatic nitrogens is 2. The number of amides is 1. The van der Waals surface area contributed by atoms with E-state index in [0.717, 1.165) is 10.2 Å². The van der Waals surface area contributed by atoms with Crippen molar-refractivity contribution in [3.8, 4) is 28.9 Å². The molecule has 2 aromatic heterocycles.